The molecule has 0 aromatic carbocycles. The molecule has 3 aromatic rings. The third kappa shape index (κ3) is 5.96. The average molecular weight is 683 g/mol. The summed E-state index contributed by atoms with van der Waals surface area (Å²) in [6, 6.07) is 6.08. The molecule has 0 amide bonds. The number of aryl methyl sites for hydroxylation is 2. The molecule has 3 aromatic heterocycles. The molecule has 6 rings (SSSR count). The Morgan fingerprint density at radius 2 is 1.58 bits per heavy atom. The highest BCUT2D eigenvalue weighted by Gasteiger charge is 2.41. The summed E-state index contributed by atoms with van der Waals surface area (Å²) in [6.07, 6.45) is 2.28. The molecule has 0 saturated heterocycles. The minimum atomic E-state index is -1.07. The Kier molecular flexibility index (Phi) is 9.59. The van der Waals surface area contributed by atoms with Crippen LogP contribution < -0.4 is 10.4 Å². The summed E-state index contributed by atoms with van der Waals surface area (Å²) in [7, 11) is 1.32. The molecule has 266 valence electrons. The second-order valence-corrected chi connectivity index (χ2v) is 14.7. The fourth-order valence-electron chi connectivity index (χ4n) is 8.12. The highest BCUT2D eigenvalue weighted by Crippen LogP contribution is 2.46. The Morgan fingerprint density at radius 1 is 0.940 bits per heavy atom. The Balaban J connectivity index is 1.69. The molecule has 0 unspecified atom stereocenters. The van der Waals surface area contributed by atoms with Gasteiger partial charge in [0.2, 0.25) is 0 Å². The van der Waals surface area contributed by atoms with E-state index in [-0.39, 0.29) is 47.6 Å². The predicted octanol–water partition coefficient (Wildman–Crippen LogP) is 7.11. The number of carbonyl (C=O) groups excluding carboxylic acids is 2. The van der Waals surface area contributed by atoms with E-state index in [0.29, 0.717) is 40.9 Å². The van der Waals surface area contributed by atoms with Gasteiger partial charge in [-0.3, -0.25) is 19.6 Å². The molecule has 5 atom stereocenters. The van der Waals surface area contributed by atoms with Gasteiger partial charge in [0.15, 0.2) is 0 Å². The van der Waals surface area contributed by atoms with Crippen LogP contribution in [-0.4, -0.2) is 55.8 Å². The number of hydrogen-bond acceptors (Lipinski definition) is 8. The summed E-state index contributed by atoms with van der Waals surface area (Å²) in [4.78, 5) is 43.9. The van der Waals surface area contributed by atoms with E-state index in [9.17, 15) is 19.8 Å². The van der Waals surface area contributed by atoms with Crippen LogP contribution >= 0.6 is 0 Å². The summed E-state index contributed by atoms with van der Waals surface area (Å²) < 4.78 is 10.8. The molecule has 0 spiro atoms. The number of H-pyrrole nitrogens is 2. The zero-order valence-corrected chi connectivity index (χ0v) is 30.7. The van der Waals surface area contributed by atoms with E-state index in [1.54, 1.807) is 6.92 Å². The van der Waals surface area contributed by atoms with Crippen LogP contribution in [0, 0.1) is 19.8 Å². The van der Waals surface area contributed by atoms with Crippen molar-refractivity contribution in [3.63, 3.8) is 0 Å². The van der Waals surface area contributed by atoms with Gasteiger partial charge in [0.25, 0.3) is 0 Å². The van der Waals surface area contributed by atoms with Crippen LogP contribution in [0.25, 0.3) is 33.6 Å². The van der Waals surface area contributed by atoms with Crippen molar-refractivity contribution >= 4 is 45.5 Å². The molecule has 3 aliphatic rings. The van der Waals surface area contributed by atoms with Crippen LogP contribution in [-0.2, 0) is 19.1 Å². The van der Waals surface area contributed by atoms with Crippen LogP contribution in [0.4, 0.5) is 0 Å². The van der Waals surface area contributed by atoms with Crippen LogP contribution in [0.15, 0.2) is 18.2 Å². The van der Waals surface area contributed by atoms with Crippen molar-refractivity contribution in [3.05, 3.63) is 68.1 Å². The maximum atomic E-state index is 13.5. The Hall–Kier alpha value is -4.60. The summed E-state index contributed by atoms with van der Waals surface area (Å²) in [5, 5.41) is 23.9. The second kappa shape index (κ2) is 13.6. The molecule has 0 radical (unpaired) electrons. The van der Waals surface area contributed by atoms with E-state index in [2.05, 4.69) is 44.6 Å². The molecule has 5 heterocycles. The summed E-state index contributed by atoms with van der Waals surface area (Å²) in [6.45, 7) is 16.5. The fourth-order valence-corrected chi connectivity index (χ4v) is 8.12. The zero-order valence-electron chi connectivity index (χ0n) is 30.7. The normalized spacial score (nSPS) is 21.9. The quantitative estimate of drug-likeness (QED) is 0.184. The average Bonchev–Trinajstić information content (AvgIpc) is 3.80. The molecule has 10 nitrogen and oxygen atoms in total. The molecule has 8 bridgehead atoms. The standard InChI is InChI=1S/C40H50N4O6/c1-10-24-19(4)26-17-31-33(23(8)45)21(6)28(42-31)15-27-20(5)25(11-12-32(46)50-14-13-18(2)3)37(43-27)35-36(40(48)49-9)39(47)34-22(7)29(44-38(34)35)16-30(24)41-26/h15-20,24-25,36,42,44-45,47H,10-14H2,1-9H3/t19-,20+,24-,25+,36-/m1/s1. The molecule has 2 aliphatic heterocycles. The molecule has 0 fully saturated rings. The van der Waals surface area contributed by atoms with Crippen LogP contribution in [0.1, 0.15) is 136 Å². The fraction of sp³-hybridized carbons (Fsp3) is 0.500. The first kappa shape index (κ1) is 35.2. The zero-order chi connectivity index (χ0) is 36.2. The van der Waals surface area contributed by atoms with Gasteiger partial charge in [-0.2, -0.15) is 0 Å². The van der Waals surface area contributed by atoms with Gasteiger partial charge in [-0.15, -0.1) is 0 Å². The smallest absolute Gasteiger partial charge is 0.321 e. The topological polar surface area (TPSA) is 150 Å². The number of aromatic amines is 2. The lowest BCUT2D eigenvalue weighted by atomic mass is 9.84. The van der Waals surface area contributed by atoms with Crippen molar-refractivity contribution < 1.29 is 29.3 Å². The number of methoxy groups -OCH3 is 1. The monoisotopic (exact) mass is 682 g/mol. The summed E-state index contributed by atoms with van der Waals surface area (Å²) in [5.41, 5.74) is 8.47. The second-order valence-electron chi connectivity index (χ2n) is 14.7. The molecule has 0 saturated carbocycles. The van der Waals surface area contributed by atoms with E-state index in [0.717, 1.165) is 62.8 Å². The van der Waals surface area contributed by atoms with Crippen molar-refractivity contribution in [2.45, 2.75) is 111 Å². The van der Waals surface area contributed by atoms with Gasteiger partial charge in [-0.25, -0.2) is 0 Å². The lowest BCUT2D eigenvalue weighted by Crippen LogP contribution is -2.18. The van der Waals surface area contributed by atoms with E-state index < -0.39 is 11.9 Å². The lowest BCUT2D eigenvalue weighted by molar-refractivity contribution is -0.144. The van der Waals surface area contributed by atoms with Gasteiger partial charge >= 0.3 is 11.9 Å². The van der Waals surface area contributed by atoms with Crippen molar-refractivity contribution in [1.29, 1.82) is 0 Å². The molecule has 4 N–H and O–H groups in total. The number of hydrogen-bond donors (Lipinski definition) is 4. The Morgan fingerprint density at radius 3 is 2.24 bits per heavy atom. The van der Waals surface area contributed by atoms with Gasteiger partial charge < -0.3 is 29.7 Å². The maximum absolute atomic E-state index is 13.5. The molecular formula is C40H50N4O6. The third-order valence-corrected chi connectivity index (χ3v) is 11.1. The molecule has 50 heavy (non-hydrogen) atoms. The third-order valence-electron chi connectivity index (χ3n) is 11.1. The predicted molar refractivity (Wildman–Crippen MR) is 194 cm³/mol. The van der Waals surface area contributed by atoms with E-state index in [1.165, 1.54) is 7.11 Å². The molecular weight excluding hydrogens is 632 g/mol. The minimum absolute atomic E-state index is 0.0752. The summed E-state index contributed by atoms with van der Waals surface area (Å²) in [5.74, 6) is -1.51. The van der Waals surface area contributed by atoms with Gasteiger partial charge in [0, 0.05) is 74.2 Å². The first-order valence-electron chi connectivity index (χ1n) is 17.9. The first-order valence-corrected chi connectivity index (χ1v) is 17.9. The largest absolute Gasteiger partial charge is 0.512 e. The number of ether oxygens (including phenoxy) is 2. The van der Waals surface area contributed by atoms with Crippen LogP contribution in [0.2, 0.25) is 0 Å². The van der Waals surface area contributed by atoms with Gasteiger partial charge in [0.1, 0.15) is 11.7 Å². The van der Waals surface area contributed by atoms with Gasteiger partial charge in [0.05, 0.1) is 36.2 Å². The highest BCUT2D eigenvalue weighted by molar-refractivity contribution is 5.96. The molecule has 1 aliphatic carbocycles. The number of rotatable bonds is 8. The number of nitrogens with one attached hydrogen (secondary N) is 2. The maximum Gasteiger partial charge on any atom is 0.321 e. The first-order chi connectivity index (χ1) is 23.8. The number of nitrogens with zero attached hydrogens (tertiary/aromatic N) is 2. The Bertz CT molecular complexity index is 2160. The van der Waals surface area contributed by atoms with Gasteiger partial charge in [-0.05, 0) is 75.3 Å². The number of aliphatic hydroxyl groups is 2. The lowest BCUT2D eigenvalue weighted by Gasteiger charge is -2.19. The number of fused-ring (bicyclic) bond motifs is 8. The SMILES string of the molecule is CC[C@H]1c2cc3[nH]c4c(c5nc(cc6[nH]c(cc(n2)[C@@H]1C)c(=C(C)O)c6C)[C@@H](C)[C@@H]5CCC(=O)OCCC(C)C)[C@@H](C(=O)OC)C(O)=c4c3C. The van der Waals surface area contributed by atoms with E-state index in [1.807, 2.05) is 32.0 Å². The van der Waals surface area contributed by atoms with Crippen molar-refractivity contribution in [1.82, 2.24) is 19.9 Å². The van der Waals surface area contributed by atoms with Crippen molar-refractivity contribution in [2.75, 3.05) is 13.7 Å². The minimum Gasteiger partial charge on any atom is -0.512 e. The van der Waals surface area contributed by atoms with Gasteiger partial charge in [-0.1, -0.05) is 34.6 Å². The number of carbonyl (C=O) groups is 2. The van der Waals surface area contributed by atoms with Crippen molar-refractivity contribution in [3.8, 4) is 0 Å². The number of aliphatic hydroxyl groups excluding tert-OH is 2. The summed E-state index contributed by atoms with van der Waals surface area (Å²) >= 11 is 0. The van der Waals surface area contributed by atoms with Crippen LogP contribution in [0.3, 0.4) is 0 Å². The van der Waals surface area contributed by atoms with E-state index >= 15 is 0 Å². The van der Waals surface area contributed by atoms with E-state index in [4.69, 9.17) is 19.4 Å². The van der Waals surface area contributed by atoms with Crippen LogP contribution in [0.5, 0.6) is 0 Å². The number of aromatic nitrogens is 4. The highest BCUT2D eigenvalue weighted by atomic mass is 16.5. The Labute approximate surface area is 292 Å². The van der Waals surface area contributed by atoms with Crippen molar-refractivity contribution in [2.24, 2.45) is 5.92 Å². The molecule has 10 heteroatoms. The number of esters is 2.